The summed E-state index contributed by atoms with van der Waals surface area (Å²) in [6.45, 7) is 8.05. The molecule has 2 amide bonds. The quantitative estimate of drug-likeness (QED) is 0.675. The van der Waals surface area contributed by atoms with Crippen LogP contribution in [-0.2, 0) is 16.0 Å². The van der Waals surface area contributed by atoms with Crippen molar-refractivity contribution in [3.8, 4) is 0 Å². The van der Waals surface area contributed by atoms with E-state index < -0.39 is 11.3 Å². The van der Waals surface area contributed by atoms with Gasteiger partial charge < -0.3 is 5.32 Å². The van der Waals surface area contributed by atoms with Gasteiger partial charge in [-0.15, -0.1) is 0 Å². The molecule has 2 heterocycles. The first-order chi connectivity index (χ1) is 15.4. The molecule has 7 heteroatoms. The molecule has 0 aliphatic carbocycles. The summed E-state index contributed by atoms with van der Waals surface area (Å²) in [7, 11) is 0. The average Bonchev–Trinajstić information content (AvgIpc) is 3.16. The number of hydrogen-bond acceptors (Lipinski definition) is 5. The minimum Gasteiger partial charge on any atom is -0.325 e. The van der Waals surface area contributed by atoms with Gasteiger partial charge in [-0.2, -0.15) is 0 Å². The molecule has 2 aromatic rings. The highest BCUT2D eigenvalue weighted by atomic mass is 32.2. The summed E-state index contributed by atoms with van der Waals surface area (Å²) in [5.74, 6) is 0.526. The first-order valence-electron chi connectivity index (χ1n) is 11.1. The van der Waals surface area contributed by atoms with Crippen molar-refractivity contribution in [1.82, 2.24) is 4.90 Å². The fourth-order valence-corrected chi connectivity index (χ4v) is 4.80. The zero-order chi connectivity index (χ0) is 22.8. The molecular weight excluding hydrogens is 420 g/mol. The van der Waals surface area contributed by atoms with Crippen LogP contribution in [-0.4, -0.2) is 39.0 Å². The number of amidine groups is 2. The molecule has 6 nitrogen and oxygen atoms in total. The lowest BCUT2D eigenvalue weighted by molar-refractivity contribution is -0.125. The third-order valence-electron chi connectivity index (χ3n) is 5.67. The van der Waals surface area contributed by atoms with E-state index in [-0.39, 0.29) is 17.7 Å². The van der Waals surface area contributed by atoms with E-state index in [0.29, 0.717) is 17.4 Å². The number of hydrogen-bond donors (Lipinski definition) is 1. The summed E-state index contributed by atoms with van der Waals surface area (Å²) >= 11 is 1.32. The van der Waals surface area contributed by atoms with E-state index in [1.807, 2.05) is 69.3 Å². The molecule has 2 aromatic carbocycles. The maximum atomic E-state index is 13.2. The highest BCUT2D eigenvalue weighted by molar-refractivity contribution is 8.15. The van der Waals surface area contributed by atoms with Crippen molar-refractivity contribution in [2.45, 2.75) is 51.8 Å². The minimum absolute atomic E-state index is 0.0791. The van der Waals surface area contributed by atoms with E-state index in [1.54, 1.807) is 4.90 Å². The van der Waals surface area contributed by atoms with Gasteiger partial charge in [0.15, 0.2) is 5.17 Å². The zero-order valence-corrected chi connectivity index (χ0v) is 19.6. The number of carbonyl (C=O) groups is 2. The lowest BCUT2D eigenvalue weighted by atomic mass is 10.1. The van der Waals surface area contributed by atoms with Crippen LogP contribution in [0.25, 0.3) is 0 Å². The van der Waals surface area contributed by atoms with E-state index in [4.69, 9.17) is 9.98 Å². The molecule has 0 aromatic heterocycles. The Morgan fingerprint density at radius 3 is 2.50 bits per heavy atom. The molecule has 0 saturated carbocycles. The lowest BCUT2D eigenvalue weighted by Crippen LogP contribution is -2.43. The van der Waals surface area contributed by atoms with Gasteiger partial charge in [-0.1, -0.05) is 63.7 Å². The molecule has 2 aliphatic rings. The Morgan fingerprint density at radius 2 is 1.84 bits per heavy atom. The molecule has 4 rings (SSSR count). The van der Waals surface area contributed by atoms with Gasteiger partial charge in [0.25, 0.3) is 5.91 Å². The Hall–Kier alpha value is -2.93. The number of carbonyl (C=O) groups excluding carboxylic acids is 2. The zero-order valence-electron chi connectivity index (χ0n) is 18.8. The fraction of sp³-hybridized carbons (Fsp3) is 0.360. The van der Waals surface area contributed by atoms with Crippen molar-refractivity contribution in [3.63, 3.8) is 0 Å². The number of benzene rings is 2. The topological polar surface area (TPSA) is 74.1 Å². The fourth-order valence-electron chi connectivity index (χ4n) is 3.78. The van der Waals surface area contributed by atoms with Crippen molar-refractivity contribution in [2.75, 3.05) is 5.32 Å². The van der Waals surface area contributed by atoms with E-state index in [2.05, 4.69) is 12.2 Å². The number of anilines is 1. The van der Waals surface area contributed by atoms with Gasteiger partial charge in [0.1, 0.15) is 11.9 Å². The predicted octanol–water partition coefficient (Wildman–Crippen LogP) is 5.01. The number of amides is 2. The second-order valence-electron chi connectivity index (χ2n) is 8.28. The number of thioether (sulfide) groups is 1. The number of para-hydroxylation sites is 1. The molecule has 0 unspecified atom stereocenters. The Kier molecular flexibility index (Phi) is 6.46. The largest absolute Gasteiger partial charge is 0.325 e. The third-order valence-corrected chi connectivity index (χ3v) is 6.99. The normalized spacial score (nSPS) is 18.1. The van der Waals surface area contributed by atoms with Crippen LogP contribution >= 0.6 is 11.8 Å². The van der Waals surface area contributed by atoms with E-state index in [1.165, 1.54) is 17.3 Å². The number of aryl methyl sites for hydroxylation is 1. The molecule has 0 radical (unpaired) electrons. The molecule has 1 N–H and O–H groups in total. The number of rotatable bonds is 6. The highest BCUT2D eigenvalue weighted by Crippen LogP contribution is 2.36. The van der Waals surface area contributed by atoms with Crippen LogP contribution in [0.5, 0.6) is 0 Å². The lowest BCUT2D eigenvalue weighted by Gasteiger charge is -2.27. The van der Waals surface area contributed by atoms with Gasteiger partial charge in [0, 0.05) is 11.3 Å². The molecule has 0 saturated heterocycles. The van der Waals surface area contributed by atoms with Crippen molar-refractivity contribution >= 4 is 46.0 Å². The van der Waals surface area contributed by atoms with E-state index in [9.17, 15) is 9.59 Å². The second kappa shape index (κ2) is 9.28. The summed E-state index contributed by atoms with van der Waals surface area (Å²) < 4.78 is 0. The van der Waals surface area contributed by atoms with Crippen LogP contribution in [0.4, 0.5) is 11.4 Å². The van der Waals surface area contributed by atoms with Crippen LogP contribution in [0.1, 0.15) is 45.2 Å². The van der Waals surface area contributed by atoms with Crippen molar-refractivity contribution < 1.29 is 9.59 Å². The average molecular weight is 449 g/mol. The first kappa shape index (κ1) is 22.3. The third kappa shape index (κ3) is 4.21. The first-order valence-corrected chi connectivity index (χ1v) is 12.0. The van der Waals surface area contributed by atoms with Gasteiger partial charge in [-0.05, 0) is 48.6 Å². The summed E-state index contributed by atoms with van der Waals surface area (Å²) in [6, 6.07) is 15.1. The van der Waals surface area contributed by atoms with Gasteiger partial charge in [0.05, 0.1) is 10.9 Å². The van der Waals surface area contributed by atoms with Crippen molar-refractivity contribution in [1.29, 1.82) is 0 Å². The Morgan fingerprint density at radius 1 is 1.12 bits per heavy atom. The van der Waals surface area contributed by atoms with Crippen LogP contribution in [0.3, 0.4) is 0 Å². The summed E-state index contributed by atoms with van der Waals surface area (Å²) in [5.41, 5.74) is 3.61. The number of nitrogens with one attached hydrogen (secondary N) is 1. The van der Waals surface area contributed by atoms with Gasteiger partial charge >= 0.3 is 0 Å². The van der Waals surface area contributed by atoms with Crippen LogP contribution in [0, 0.1) is 5.92 Å². The Bertz CT molecular complexity index is 1090. The summed E-state index contributed by atoms with van der Waals surface area (Å²) in [4.78, 5) is 37.4. The van der Waals surface area contributed by atoms with Crippen molar-refractivity contribution in [3.05, 3.63) is 59.7 Å². The maximum Gasteiger partial charge on any atom is 0.259 e. The molecule has 0 spiro atoms. The second-order valence-corrected chi connectivity index (χ2v) is 9.45. The van der Waals surface area contributed by atoms with Crippen LogP contribution in [0.15, 0.2) is 58.5 Å². The standard InChI is InChI=1S/C25H28N4O2S/c1-5-16-11-13-17(14-12-16)26-23(30)20(6-2)32-25-27-19-10-8-7-9-18(19)22-28-21(15(3)4)24(31)29(22)25/h7-15,20-21H,5-6H2,1-4H3,(H,26,30)/t20-,21-/m1/s1. The summed E-state index contributed by atoms with van der Waals surface area (Å²) in [6.07, 6.45) is 1.56. The van der Waals surface area contributed by atoms with Crippen LogP contribution in [0.2, 0.25) is 0 Å². The van der Waals surface area contributed by atoms with Crippen LogP contribution < -0.4 is 5.32 Å². The maximum absolute atomic E-state index is 13.2. The summed E-state index contributed by atoms with van der Waals surface area (Å²) in [5, 5.41) is 3.12. The van der Waals surface area contributed by atoms with E-state index >= 15 is 0 Å². The monoisotopic (exact) mass is 448 g/mol. The highest BCUT2D eigenvalue weighted by Gasteiger charge is 2.43. The van der Waals surface area contributed by atoms with E-state index in [0.717, 1.165) is 23.4 Å². The number of fused-ring (bicyclic) bond motifs is 3. The molecule has 0 bridgehead atoms. The predicted molar refractivity (Wildman–Crippen MR) is 132 cm³/mol. The number of aliphatic imine (C=N–C) groups is 2. The Balaban J connectivity index is 1.60. The van der Waals surface area contributed by atoms with Gasteiger partial charge in [-0.3, -0.25) is 14.6 Å². The number of nitrogens with zero attached hydrogens (tertiary/aromatic N) is 3. The molecule has 2 aliphatic heterocycles. The smallest absolute Gasteiger partial charge is 0.259 e. The van der Waals surface area contributed by atoms with Gasteiger partial charge in [-0.25, -0.2) is 9.89 Å². The van der Waals surface area contributed by atoms with Crippen molar-refractivity contribution in [2.24, 2.45) is 15.9 Å². The molecule has 0 fully saturated rings. The minimum atomic E-state index is -0.437. The molecule has 166 valence electrons. The Labute approximate surface area is 193 Å². The molecule has 2 atom stereocenters. The molecular formula is C25H28N4O2S. The SMILES string of the molecule is CCc1ccc(NC(=O)[C@@H](CC)SC2=Nc3ccccc3C3=N[C@H](C(C)C)C(=O)N23)cc1. The molecule has 32 heavy (non-hydrogen) atoms. The van der Waals surface area contributed by atoms with Gasteiger partial charge in [0.2, 0.25) is 5.91 Å².